The molecule has 0 radical (unpaired) electrons. The van der Waals surface area contributed by atoms with Crippen LogP contribution in [-0.2, 0) is 20.7 Å². The van der Waals surface area contributed by atoms with E-state index < -0.39 is 11.9 Å². The number of aryl methyl sites for hydroxylation is 1. The summed E-state index contributed by atoms with van der Waals surface area (Å²) in [5.41, 5.74) is 3.84. The lowest BCUT2D eigenvalue weighted by Gasteiger charge is -2.10. The summed E-state index contributed by atoms with van der Waals surface area (Å²) in [7, 11) is 0. The lowest BCUT2D eigenvalue weighted by atomic mass is 10.0. The molecule has 0 saturated heterocycles. The molecule has 0 aromatic heterocycles. The predicted octanol–water partition coefficient (Wildman–Crippen LogP) is 9.12. The van der Waals surface area contributed by atoms with Crippen LogP contribution in [-0.4, -0.2) is 36.9 Å². The molecule has 0 aliphatic carbocycles. The fraction of sp³-hybridized carbons (Fsp3) is 0.256. The quantitative estimate of drug-likeness (QED) is 0.0316. The Kier molecular flexibility index (Phi) is 15.0. The van der Waals surface area contributed by atoms with Gasteiger partial charge in [-0.1, -0.05) is 69.0 Å². The van der Waals surface area contributed by atoms with Gasteiger partial charge in [0.25, 0.3) is 0 Å². The number of rotatable bonds is 19. The van der Waals surface area contributed by atoms with Crippen molar-refractivity contribution in [3.05, 3.63) is 138 Å². The Morgan fingerprint density at radius 3 is 1.67 bits per heavy atom. The van der Waals surface area contributed by atoms with E-state index >= 15 is 0 Å². The molecule has 4 aromatic rings. The standard InChI is InChI=1S/C43H44O8/c1-4-31(3)41(45)49-30-7-6-29-48-38-25-19-35(20-26-38)42(46)51-40-27-21-36(22-28-40)43(47)50-39-23-17-34(18-24-39)16-15-33-13-11-32(12-14-33)9-8-10-37(44)5-2/h5,11-28,31H,2,4,6-10,29-30H2,1,3H3/b16-15+. The summed E-state index contributed by atoms with van der Waals surface area (Å²) in [5, 5.41) is 0. The molecule has 0 amide bonds. The van der Waals surface area contributed by atoms with Crippen molar-refractivity contribution in [1.29, 1.82) is 0 Å². The van der Waals surface area contributed by atoms with Crippen LogP contribution in [0.5, 0.6) is 17.2 Å². The lowest BCUT2D eigenvalue weighted by molar-refractivity contribution is -0.148. The van der Waals surface area contributed by atoms with Gasteiger partial charge in [-0.2, -0.15) is 0 Å². The third-order valence-corrected chi connectivity index (χ3v) is 8.11. The molecule has 0 saturated carbocycles. The summed E-state index contributed by atoms with van der Waals surface area (Å²) in [6.45, 7) is 8.14. The molecule has 0 bridgehead atoms. The van der Waals surface area contributed by atoms with Gasteiger partial charge in [0.15, 0.2) is 5.78 Å². The molecule has 8 nitrogen and oxygen atoms in total. The fourth-order valence-electron chi connectivity index (χ4n) is 4.76. The van der Waals surface area contributed by atoms with E-state index in [1.165, 1.54) is 35.9 Å². The maximum Gasteiger partial charge on any atom is 0.343 e. The molecule has 264 valence electrons. The molecule has 1 atom stereocenters. The van der Waals surface area contributed by atoms with Crippen molar-refractivity contribution in [1.82, 2.24) is 0 Å². The largest absolute Gasteiger partial charge is 0.494 e. The average molecular weight is 689 g/mol. The van der Waals surface area contributed by atoms with Gasteiger partial charge in [0, 0.05) is 6.42 Å². The second kappa shape index (κ2) is 20.0. The van der Waals surface area contributed by atoms with E-state index in [1.54, 1.807) is 36.4 Å². The van der Waals surface area contributed by atoms with Crippen molar-refractivity contribution in [3.63, 3.8) is 0 Å². The summed E-state index contributed by atoms with van der Waals surface area (Å²) in [4.78, 5) is 48.5. The first kappa shape index (κ1) is 38.0. The highest BCUT2D eigenvalue weighted by Gasteiger charge is 2.13. The Labute approximate surface area is 299 Å². The summed E-state index contributed by atoms with van der Waals surface area (Å²) < 4.78 is 22.0. The van der Waals surface area contributed by atoms with Crippen molar-refractivity contribution >= 4 is 35.8 Å². The first-order chi connectivity index (χ1) is 24.7. The van der Waals surface area contributed by atoms with Gasteiger partial charge in [-0.25, -0.2) is 9.59 Å². The topological polar surface area (TPSA) is 105 Å². The molecule has 4 rings (SSSR count). The van der Waals surface area contributed by atoms with Gasteiger partial charge in [0.2, 0.25) is 0 Å². The van der Waals surface area contributed by atoms with Crippen molar-refractivity contribution < 1.29 is 38.1 Å². The van der Waals surface area contributed by atoms with Gasteiger partial charge in [-0.05, 0) is 116 Å². The van der Waals surface area contributed by atoms with Gasteiger partial charge in [0.05, 0.1) is 30.3 Å². The molecule has 4 aromatic carbocycles. The van der Waals surface area contributed by atoms with Crippen LogP contribution in [0.25, 0.3) is 12.2 Å². The zero-order chi connectivity index (χ0) is 36.4. The van der Waals surface area contributed by atoms with Crippen molar-refractivity contribution in [2.75, 3.05) is 13.2 Å². The number of carbonyl (C=O) groups excluding carboxylic acids is 4. The van der Waals surface area contributed by atoms with Crippen LogP contribution < -0.4 is 14.2 Å². The second-order valence-electron chi connectivity index (χ2n) is 12.0. The van der Waals surface area contributed by atoms with Gasteiger partial charge in [-0.3, -0.25) is 9.59 Å². The predicted molar refractivity (Wildman–Crippen MR) is 198 cm³/mol. The maximum atomic E-state index is 12.7. The maximum absolute atomic E-state index is 12.7. The number of allylic oxidation sites excluding steroid dienone is 1. The minimum atomic E-state index is -0.542. The zero-order valence-electron chi connectivity index (χ0n) is 29.2. The Hall–Kier alpha value is -5.76. The number of ketones is 1. The number of esters is 3. The van der Waals surface area contributed by atoms with Crippen LogP contribution in [0.1, 0.15) is 83.4 Å². The van der Waals surface area contributed by atoms with E-state index in [4.69, 9.17) is 18.9 Å². The van der Waals surface area contributed by atoms with Crippen LogP contribution in [0.4, 0.5) is 0 Å². The minimum absolute atomic E-state index is 0.0691. The summed E-state index contributed by atoms with van der Waals surface area (Å²) in [6, 6.07) is 28.2. The third kappa shape index (κ3) is 12.9. The van der Waals surface area contributed by atoms with Gasteiger partial charge in [-0.15, -0.1) is 0 Å². The smallest absolute Gasteiger partial charge is 0.343 e. The van der Waals surface area contributed by atoms with E-state index in [2.05, 4.69) is 18.7 Å². The van der Waals surface area contributed by atoms with Gasteiger partial charge >= 0.3 is 17.9 Å². The fourth-order valence-corrected chi connectivity index (χ4v) is 4.76. The second-order valence-corrected chi connectivity index (χ2v) is 12.0. The van der Waals surface area contributed by atoms with Crippen molar-refractivity contribution in [2.24, 2.45) is 5.92 Å². The number of benzene rings is 4. The average Bonchev–Trinajstić information content (AvgIpc) is 3.16. The molecule has 51 heavy (non-hydrogen) atoms. The summed E-state index contributed by atoms with van der Waals surface area (Å²) in [5.74, 6) is 0.0430. The summed E-state index contributed by atoms with van der Waals surface area (Å²) in [6.07, 6.45) is 9.70. The van der Waals surface area contributed by atoms with E-state index in [-0.39, 0.29) is 23.4 Å². The Balaban J connectivity index is 1.17. The molecular formula is C43H44O8. The van der Waals surface area contributed by atoms with E-state index in [9.17, 15) is 19.2 Å². The van der Waals surface area contributed by atoms with Crippen molar-refractivity contribution in [3.8, 4) is 17.2 Å². The normalized spacial score (nSPS) is 11.4. The Morgan fingerprint density at radius 2 is 1.14 bits per heavy atom. The molecular weight excluding hydrogens is 644 g/mol. The highest BCUT2D eigenvalue weighted by Crippen LogP contribution is 2.20. The first-order valence-corrected chi connectivity index (χ1v) is 17.2. The highest BCUT2D eigenvalue weighted by molar-refractivity contribution is 5.93. The Morgan fingerprint density at radius 1 is 0.647 bits per heavy atom. The number of hydrogen-bond acceptors (Lipinski definition) is 8. The van der Waals surface area contributed by atoms with Crippen LogP contribution in [0.3, 0.4) is 0 Å². The SMILES string of the molecule is C=CC(=O)CCCc1ccc(/C=C/c2ccc(OC(=O)c3ccc(OC(=O)c4ccc(OCCCCOC(=O)C(C)CC)cc4)cc3)cc2)cc1. The lowest BCUT2D eigenvalue weighted by Crippen LogP contribution is -2.15. The number of hydrogen-bond donors (Lipinski definition) is 0. The molecule has 0 N–H and O–H groups in total. The zero-order valence-corrected chi connectivity index (χ0v) is 29.2. The number of unbranched alkanes of at least 4 members (excludes halogenated alkanes) is 1. The highest BCUT2D eigenvalue weighted by atomic mass is 16.5. The number of ether oxygens (including phenoxy) is 4. The molecule has 0 heterocycles. The Bertz CT molecular complexity index is 1770. The summed E-state index contributed by atoms with van der Waals surface area (Å²) >= 11 is 0. The van der Waals surface area contributed by atoms with Crippen molar-refractivity contribution in [2.45, 2.75) is 52.4 Å². The van der Waals surface area contributed by atoms with E-state index in [0.717, 1.165) is 36.8 Å². The molecule has 0 spiro atoms. The molecule has 0 aliphatic heterocycles. The van der Waals surface area contributed by atoms with Gasteiger partial charge < -0.3 is 18.9 Å². The third-order valence-electron chi connectivity index (χ3n) is 8.11. The molecule has 0 fully saturated rings. The van der Waals surface area contributed by atoms with Crippen LogP contribution >= 0.6 is 0 Å². The van der Waals surface area contributed by atoms with Crippen LogP contribution in [0, 0.1) is 5.92 Å². The monoisotopic (exact) mass is 688 g/mol. The molecule has 8 heteroatoms. The van der Waals surface area contributed by atoms with Crippen LogP contribution in [0.15, 0.2) is 110 Å². The van der Waals surface area contributed by atoms with E-state index in [0.29, 0.717) is 48.7 Å². The minimum Gasteiger partial charge on any atom is -0.494 e. The number of carbonyl (C=O) groups is 4. The molecule has 0 aliphatic rings. The van der Waals surface area contributed by atoms with E-state index in [1.807, 2.05) is 50.3 Å². The molecule has 1 unspecified atom stereocenters. The van der Waals surface area contributed by atoms with Crippen LogP contribution in [0.2, 0.25) is 0 Å². The first-order valence-electron chi connectivity index (χ1n) is 17.2. The van der Waals surface area contributed by atoms with Gasteiger partial charge in [0.1, 0.15) is 17.2 Å².